The summed E-state index contributed by atoms with van der Waals surface area (Å²) in [6.45, 7) is 0. The first kappa shape index (κ1) is 15.0. The molecule has 0 bridgehead atoms. The van der Waals surface area contributed by atoms with Gasteiger partial charge in [0.05, 0.1) is 26.6 Å². The van der Waals surface area contributed by atoms with Gasteiger partial charge in [-0.2, -0.15) is 0 Å². The van der Waals surface area contributed by atoms with E-state index in [1.54, 1.807) is 12.1 Å². The van der Waals surface area contributed by atoms with Crippen LogP contribution in [0, 0.1) is 10.6 Å². The van der Waals surface area contributed by atoms with Crippen molar-refractivity contribution < 1.29 is 9.18 Å². The number of fused-ring (bicyclic) bond motifs is 1. The highest BCUT2D eigenvalue weighted by Crippen LogP contribution is 2.26. The molecule has 1 aromatic heterocycles. The average molecular weight is 356 g/mol. The number of imidazole rings is 1. The number of H-pyrrole nitrogens is 2. The summed E-state index contributed by atoms with van der Waals surface area (Å²) >= 11 is 16.7. The molecule has 4 nitrogen and oxygen atoms in total. The standard InChI is InChI=1S/C14H8Cl2FN3OS/c15-9-2-1-7(5-10(9)16)18-13(21)8-3-6(17)4-11-12(8)20-14(22)19-11/h1-5H,(H,18,21)(H2,19,20,22). The Morgan fingerprint density at radius 2 is 1.91 bits per heavy atom. The van der Waals surface area contributed by atoms with Crippen molar-refractivity contribution in [3.8, 4) is 0 Å². The van der Waals surface area contributed by atoms with Gasteiger partial charge >= 0.3 is 0 Å². The molecule has 0 aliphatic heterocycles. The van der Waals surface area contributed by atoms with E-state index in [4.69, 9.17) is 35.4 Å². The van der Waals surface area contributed by atoms with Gasteiger partial charge in [0.2, 0.25) is 0 Å². The first-order chi connectivity index (χ1) is 10.4. The van der Waals surface area contributed by atoms with Gasteiger partial charge in [-0.25, -0.2) is 4.39 Å². The monoisotopic (exact) mass is 355 g/mol. The van der Waals surface area contributed by atoms with Gasteiger partial charge in [0, 0.05) is 5.69 Å². The number of aromatic nitrogens is 2. The predicted molar refractivity (Wildman–Crippen MR) is 87.9 cm³/mol. The Morgan fingerprint density at radius 1 is 1.14 bits per heavy atom. The van der Waals surface area contributed by atoms with Crippen molar-refractivity contribution in [3.05, 3.63) is 56.5 Å². The molecule has 22 heavy (non-hydrogen) atoms. The van der Waals surface area contributed by atoms with Crippen LogP contribution in [0.4, 0.5) is 10.1 Å². The van der Waals surface area contributed by atoms with E-state index in [9.17, 15) is 9.18 Å². The van der Waals surface area contributed by atoms with Crippen LogP contribution < -0.4 is 5.32 Å². The van der Waals surface area contributed by atoms with E-state index in [2.05, 4.69) is 15.3 Å². The fraction of sp³-hybridized carbons (Fsp3) is 0. The molecule has 0 fully saturated rings. The van der Waals surface area contributed by atoms with E-state index in [0.717, 1.165) is 6.07 Å². The van der Waals surface area contributed by atoms with Crippen LogP contribution in [0.2, 0.25) is 10.0 Å². The second-order valence-electron chi connectivity index (χ2n) is 4.54. The number of carbonyl (C=O) groups excluding carboxylic acids is 1. The predicted octanol–water partition coefficient (Wildman–Crippen LogP) is 4.92. The molecule has 3 aromatic rings. The van der Waals surface area contributed by atoms with E-state index in [-0.39, 0.29) is 5.56 Å². The molecule has 3 N–H and O–H groups in total. The number of rotatable bonds is 2. The number of anilines is 1. The van der Waals surface area contributed by atoms with Gasteiger partial charge in [0.15, 0.2) is 4.77 Å². The molecule has 0 aliphatic carbocycles. The topological polar surface area (TPSA) is 60.7 Å². The Labute approximate surface area is 139 Å². The zero-order valence-electron chi connectivity index (χ0n) is 10.8. The van der Waals surface area contributed by atoms with Gasteiger partial charge in [-0.1, -0.05) is 23.2 Å². The third-order valence-electron chi connectivity index (χ3n) is 3.01. The van der Waals surface area contributed by atoms with Crippen LogP contribution in [0.3, 0.4) is 0 Å². The Morgan fingerprint density at radius 3 is 2.64 bits per heavy atom. The minimum absolute atomic E-state index is 0.133. The number of halogens is 3. The van der Waals surface area contributed by atoms with Gasteiger partial charge < -0.3 is 15.3 Å². The lowest BCUT2D eigenvalue weighted by Gasteiger charge is -2.07. The zero-order chi connectivity index (χ0) is 15.9. The number of aromatic amines is 2. The summed E-state index contributed by atoms with van der Waals surface area (Å²) in [6, 6.07) is 7.07. The minimum atomic E-state index is -0.544. The van der Waals surface area contributed by atoms with Crippen molar-refractivity contribution in [1.82, 2.24) is 9.97 Å². The van der Waals surface area contributed by atoms with Crippen molar-refractivity contribution >= 4 is 58.0 Å². The molecule has 0 spiro atoms. The summed E-state index contributed by atoms with van der Waals surface area (Å²) in [5.41, 5.74) is 1.44. The number of benzene rings is 2. The lowest BCUT2D eigenvalue weighted by atomic mass is 10.1. The fourth-order valence-corrected chi connectivity index (χ4v) is 2.57. The van der Waals surface area contributed by atoms with Crippen molar-refractivity contribution in [2.45, 2.75) is 0 Å². The minimum Gasteiger partial charge on any atom is -0.331 e. The van der Waals surface area contributed by atoms with E-state index in [1.807, 2.05) is 0 Å². The molecule has 2 aromatic carbocycles. The maximum atomic E-state index is 13.6. The zero-order valence-corrected chi connectivity index (χ0v) is 13.2. The number of carbonyl (C=O) groups is 1. The highest BCUT2D eigenvalue weighted by atomic mass is 35.5. The van der Waals surface area contributed by atoms with Crippen molar-refractivity contribution in [1.29, 1.82) is 0 Å². The third kappa shape index (κ3) is 2.85. The molecule has 1 heterocycles. The number of hydrogen-bond donors (Lipinski definition) is 3. The van der Waals surface area contributed by atoms with Gasteiger partial charge in [-0.15, -0.1) is 0 Å². The molecule has 3 rings (SSSR count). The number of amides is 1. The molecule has 8 heteroatoms. The molecule has 0 aliphatic rings. The molecular weight excluding hydrogens is 348 g/mol. The number of hydrogen-bond acceptors (Lipinski definition) is 2. The van der Waals surface area contributed by atoms with Crippen LogP contribution in [0.25, 0.3) is 11.0 Å². The van der Waals surface area contributed by atoms with Crippen LogP contribution in [0.5, 0.6) is 0 Å². The SMILES string of the molecule is O=C(Nc1ccc(Cl)c(Cl)c1)c1cc(F)cc2[nH]c(=S)[nH]c12. The maximum Gasteiger partial charge on any atom is 0.257 e. The van der Waals surface area contributed by atoms with Crippen molar-refractivity contribution in [2.75, 3.05) is 5.32 Å². The van der Waals surface area contributed by atoms with Crippen molar-refractivity contribution in [2.24, 2.45) is 0 Å². The third-order valence-corrected chi connectivity index (χ3v) is 3.96. The summed E-state index contributed by atoms with van der Waals surface area (Å²) in [7, 11) is 0. The molecule has 0 atom stereocenters. The molecular formula is C14H8Cl2FN3OS. The second-order valence-corrected chi connectivity index (χ2v) is 5.76. The highest BCUT2D eigenvalue weighted by Gasteiger charge is 2.14. The van der Waals surface area contributed by atoms with Gasteiger partial charge in [0.25, 0.3) is 5.91 Å². The number of nitrogens with one attached hydrogen (secondary N) is 3. The van der Waals surface area contributed by atoms with Gasteiger partial charge in [0.1, 0.15) is 5.82 Å². The van der Waals surface area contributed by atoms with E-state index in [0.29, 0.717) is 31.5 Å². The lowest BCUT2D eigenvalue weighted by Crippen LogP contribution is -2.13. The molecule has 1 amide bonds. The lowest BCUT2D eigenvalue weighted by molar-refractivity contribution is 0.102. The maximum absolute atomic E-state index is 13.6. The highest BCUT2D eigenvalue weighted by molar-refractivity contribution is 7.71. The summed E-state index contributed by atoms with van der Waals surface area (Å²) in [4.78, 5) is 18.0. The smallest absolute Gasteiger partial charge is 0.257 e. The van der Waals surface area contributed by atoms with Crippen molar-refractivity contribution in [3.63, 3.8) is 0 Å². The fourth-order valence-electron chi connectivity index (χ4n) is 2.06. The van der Waals surface area contributed by atoms with Gasteiger partial charge in [-0.3, -0.25) is 4.79 Å². The van der Waals surface area contributed by atoms with Gasteiger partial charge in [-0.05, 0) is 42.5 Å². The normalized spacial score (nSPS) is 10.9. The van der Waals surface area contributed by atoms with E-state index in [1.165, 1.54) is 12.1 Å². The average Bonchev–Trinajstić information content (AvgIpc) is 2.82. The van der Waals surface area contributed by atoms with Crippen LogP contribution >= 0.6 is 35.4 Å². The quantitative estimate of drug-likeness (QED) is 0.571. The van der Waals surface area contributed by atoms with Crippen LogP contribution in [-0.2, 0) is 0 Å². The molecule has 0 unspecified atom stereocenters. The summed E-state index contributed by atoms with van der Waals surface area (Å²) in [6.07, 6.45) is 0. The van der Waals surface area contributed by atoms with Crippen LogP contribution in [0.1, 0.15) is 10.4 Å². The second kappa shape index (κ2) is 5.72. The first-order valence-electron chi connectivity index (χ1n) is 6.12. The summed E-state index contributed by atoms with van der Waals surface area (Å²) < 4.78 is 13.9. The summed E-state index contributed by atoms with van der Waals surface area (Å²) in [5, 5.41) is 3.33. The summed E-state index contributed by atoms with van der Waals surface area (Å²) in [5.74, 6) is -1.04. The Kier molecular flexibility index (Phi) is 3.90. The van der Waals surface area contributed by atoms with E-state index < -0.39 is 11.7 Å². The Bertz CT molecular complexity index is 951. The largest absolute Gasteiger partial charge is 0.331 e. The molecule has 0 saturated heterocycles. The Balaban J connectivity index is 2.01. The van der Waals surface area contributed by atoms with Crippen LogP contribution in [-0.4, -0.2) is 15.9 Å². The Hall–Kier alpha value is -1.89. The first-order valence-corrected chi connectivity index (χ1v) is 7.28. The molecule has 0 saturated carbocycles. The molecule has 112 valence electrons. The van der Waals surface area contributed by atoms with E-state index >= 15 is 0 Å². The molecule has 0 radical (unpaired) electrons. The van der Waals surface area contributed by atoms with Crippen LogP contribution in [0.15, 0.2) is 30.3 Å².